The Balaban J connectivity index is 3.00. The molecule has 1 rings (SSSR count). The second-order valence-electron chi connectivity index (χ2n) is 5.99. The molecule has 0 saturated heterocycles. The third-order valence-corrected chi connectivity index (χ3v) is 3.36. The van der Waals surface area contributed by atoms with Gasteiger partial charge in [-0.05, 0) is 24.5 Å². The van der Waals surface area contributed by atoms with Crippen LogP contribution in [-0.4, -0.2) is 51.1 Å². The molecule has 0 aromatic heterocycles. The van der Waals surface area contributed by atoms with E-state index < -0.39 is 6.04 Å². The van der Waals surface area contributed by atoms with E-state index in [0.29, 0.717) is 23.5 Å². The Morgan fingerprint density at radius 3 is 2.00 bits per heavy atom. The minimum absolute atomic E-state index is 0.123. The first-order chi connectivity index (χ1) is 10.8. The third-order valence-electron chi connectivity index (χ3n) is 3.36. The lowest BCUT2D eigenvalue weighted by Crippen LogP contribution is -2.46. The number of rotatable bonds is 7. The number of amides is 2. The molecule has 0 heterocycles. The molecule has 0 aliphatic carbocycles. The predicted molar refractivity (Wildman–Crippen MR) is 88.9 cm³/mol. The van der Waals surface area contributed by atoms with Gasteiger partial charge in [0.1, 0.15) is 17.5 Å². The molecule has 1 N–H and O–H groups in total. The Labute approximate surface area is 137 Å². The molecule has 6 nitrogen and oxygen atoms in total. The molecule has 0 saturated carbocycles. The third kappa shape index (κ3) is 5.47. The van der Waals surface area contributed by atoms with Crippen LogP contribution in [0.3, 0.4) is 0 Å². The average molecular weight is 322 g/mol. The fourth-order valence-electron chi connectivity index (χ4n) is 2.18. The molecule has 0 aliphatic rings. The zero-order valence-electron chi connectivity index (χ0n) is 14.7. The fraction of sp³-hybridized carbons (Fsp3) is 0.529. The van der Waals surface area contributed by atoms with Crippen LogP contribution in [0.25, 0.3) is 0 Å². The number of ether oxygens (including phenoxy) is 2. The summed E-state index contributed by atoms with van der Waals surface area (Å²) in [5, 5.41) is 2.81. The van der Waals surface area contributed by atoms with E-state index in [0.717, 1.165) is 0 Å². The maximum absolute atomic E-state index is 12.5. The van der Waals surface area contributed by atoms with Gasteiger partial charge in [0.25, 0.3) is 5.91 Å². The summed E-state index contributed by atoms with van der Waals surface area (Å²) in [7, 11) is 6.40. The molecule has 1 aromatic rings. The predicted octanol–water partition coefficient (Wildman–Crippen LogP) is 1.94. The van der Waals surface area contributed by atoms with E-state index in [1.54, 1.807) is 32.3 Å². The van der Waals surface area contributed by atoms with Crippen LogP contribution in [0, 0.1) is 5.92 Å². The normalized spacial score (nSPS) is 11.8. The van der Waals surface area contributed by atoms with Crippen LogP contribution in [0.1, 0.15) is 30.6 Å². The molecule has 1 aromatic carbocycles. The van der Waals surface area contributed by atoms with Crippen molar-refractivity contribution in [2.45, 2.75) is 26.3 Å². The zero-order chi connectivity index (χ0) is 17.6. The highest BCUT2D eigenvalue weighted by atomic mass is 16.5. The lowest BCUT2D eigenvalue weighted by Gasteiger charge is -2.23. The molecule has 1 unspecified atom stereocenters. The van der Waals surface area contributed by atoms with Gasteiger partial charge < -0.3 is 19.7 Å². The number of nitrogens with zero attached hydrogens (tertiary/aromatic N) is 1. The maximum atomic E-state index is 12.5. The number of benzene rings is 1. The van der Waals surface area contributed by atoms with E-state index in [1.165, 1.54) is 19.1 Å². The SMILES string of the molecule is COc1cc(OC)cc(C(=O)NC(CC(C)C)C(=O)N(C)C)c1. The smallest absolute Gasteiger partial charge is 0.252 e. The van der Waals surface area contributed by atoms with E-state index in [4.69, 9.17) is 9.47 Å². The Bertz CT molecular complexity index is 533. The van der Waals surface area contributed by atoms with Gasteiger partial charge in [0.05, 0.1) is 14.2 Å². The molecule has 0 radical (unpaired) electrons. The van der Waals surface area contributed by atoms with Crippen molar-refractivity contribution in [3.8, 4) is 11.5 Å². The Morgan fingerprint density at radius 1 is 1.09 bits per heavy atom. The summed E-state index contributed by atoms with van der Waals surface area (Å²) in [5.74, 6) is 0.872. The van der Waals surface area contributed by atoms with Crippen LogP contribution >= 0.6 is 0 Å². The first-order valence-electron chi connectivity index (χ1n) is 7.53. The number of likely N-dealkylation sites (N-methyl/N-ethyl adjacent to an activating group) is 1. The van der Waals surface area contributed by atoms with Gasteiger partial charge >= 0.3 is 0 Å². The van der Waals surface area contributed by atoms with Crippen LogP contribution < -0.4 is 14.8 Å². The van der Waals surface area contributed by atoms with Crippen molar-refractivity contribution in [2.75, 3.05) is 28.3 Å². The highest BCUT2D eigenvalue weighted by molar-refractivity contribution is 5.98. The van der Waals surface area contributed by atoms with Crippen molar-refractivity contribution in [3.63, 3.8) is 0 Å². The van der Waals surface area contributed by atoms with Gasteiger partial charge in [0.15, 0.2) is 0 Å². The Kier molecular flexibility index (Phi) is 6.88. The number of carbonyl (C=O) groups excluding carboxylic acids is 2. The summed E-state index contributed by atoms with van der Waals surface area (Å²) in [6.45, 7) is 4.02. The van der Waals surface area contributed by atoms with Crippen molar-refractivity contribution >= 4 is 11.8 Å². The molecule has 1 atom stereocenters. The molecule has 6 heteroatoms. The average Bonchev–Trinajstić information content (AvgIpc) is 2.52. The van der Waals surface area contributed by atoms with Gasteiger partial charge in [-0.2, -0.15) is 0 Å². The summed E-state index contributed by atoms with van der Waals surface area (Å²) in [4.78, 5) is 26.2. The van der Waals surface area contributed by atoms with Gasteiger partial charge in [-0.15, -0.1) is 0 Å². The van der Waals surface area contributed by atoms with E-state index in [2.05, 4.69) is 5.32 Å². The van der Waals surface area contributed by atoms with Gasteiger partial charge in [-0.1, -0.05) is 13.8 Å². The maximum Gasteiger partial charge on any atom is 0.252 e. The van der Waals surface area contributed by atoms with Crippen molar-refractivity contribution < 1.29 is 19.1 Å². The second-order valence-corrected chi connectivity index (χ2v) is 5.99. The molecular weight excluding hydrogens is 296 g/mol. The van der Waals surface area contributed by atoms with Gasteiger partial charge in [0, 0.05) is 25.7 Å². The minimum Gasteiger partial charge on any atom is -0.497 e. The number of nitrogens with one attached hydrogen (secondary N) is 1. The van der Waals surface area contributed by atoms with Crippen molar-refractivity contribution in [2.24, 2.45) is 5.92 Å². The lowest BCUT2D eigenvalue weighted by atomic mass is 10.0. The van der Waals surface area contributed by atoms with Crippen molar-refractivity contribution in [1.82, 2.24) is 10.2 Å². The lowest BCUT2D eigenvalue weighted by molar-refractivity contribution is -0.131. The summed E-state index contributed by atoms with van der Waals surface area (Å²) in [6.07, 6.45) is 0.573. The van der Waals surface area contributed by atoms with Crippen LogP contribution in [0.5, 0.6) is 11.5 Å². The fourth-order valence-corrected chi connectivity index (χ4v) is 2.18. The highest BCUT2D eigenvalue weighted by Crippen LogP contribution is 2.22. The van der Waals surface area contributed by atoms with Gasteiger partial charge in [-0.25, -0.2) is 0 Å². The Morgan fingerprint density at radius 2 is 1.61 bits per heavy atom. The van der Waals surface area contributed by atoms with Crippen molar-refractivity contribution in [1.29, 1.82) is 0 Å². The minimum atomic E-state index is -0.560. The largest absolute Gasteiger partial charge is 0.497 e. The number of hydrogen-bond donors (Lipinski definition) is 1. The second kappa shape index (κ2) is 8.41. The van der Waals surface area contributed by atoms with E-state index >= 15 is 0 Å². The molecule has 0 aliphatic heterocycles. The first kappa shape index (κ1) is 18.8. The molecule has 23 heavy (non-hydrogen) atoms. The molecule has 0 fully saturated rings. The number of hydrogen-bond acceptors (Lipinski definition) is 4. The standard InChI is InChI=1S/C17H26N2O4/c1-11(2)7-15(17(21)19(3)4)18-16(20)12-8-13(22-5)10-14(9-12)23-6/h8-11,15H,7H2,1-6H3,(H,18,20). The van der Waals surface area contributed by atoms with Gasteiger partial charge in [0.2, 0.25) is 5.91 Å². The summed E-state index contributed by atoms with van der Waals surface area (Å²) in [6, 6.07) is 4.36. The summed E-state index contributed by atoms with van der Waals surface area (Å²) < 4.78 is 10.3. The highest BCUT2D eigenvalue weighted by Gasteiger charge is 2.24. The summed E-state index contributed by atoms with van der Waals surface area (Å²) >= 11 is 0. The van der Waals surface area contributed by atoms with Crippen LogP contribution in [0.2, 0.25) is 0 Å². The van der Waals surface area contributed by atoms with E-state index in [1.807, 2.05) is 13.8 Å². The van der Waals surface area contributed by atoms with E-state index in [-0.39, 0.29) is 17.7 Å². The summed E-state index contributed by atoms with van der Waals surface area (Å²) in [5.41, 5.74) is 0.390. The van der Waals surface area contributed by atoms with Crippen LogP contribution in [-0.2, 0) is 4.79 Å². The number of carbonyl (C=O) groups is 2. The monoisotopic (exact) mass is 322 g/mol. The molecule has 2 amide bonds. The van der Waals surface area contributed by atoms with Crippen LogP contribution in [0.15, 0.2) is 18.2 Å². The number of methoxy groups -OCH3 is 2. The molecular formula is C17H26N2O4. The molecule has 0 spiro atoms. The molecule has 128 valence electrons. The molecule has 0 bridgehead atoms. The van der Waals surface area contributed by atoms with Crippen molar-refractivity contribution in [3.05, 3.63) is 23.8 Å². The first-order valence-corrected chi connectivity index (χ1v) is 7.53. The van der Waals surface area contributed by atoms with E-state index in [9.17, 15) is 9.59 Å². The van der Waals surface area contributed by atoms with Gasteiger partial charge in [-0.3, -0.25) is 9.59 Å². The Hall–Kier alpha value is -2.24. The van der Waals surface area contributed by atoms with Crippen LogP contribution in [0.4, 0.5) is 0 Å². The topological polar surface area (TPSA) is 67.9 Å². The quantitative estimate of drug-likeness (QED) is 0.833. The zero-order valence-corrected chi connectivity index (χ0v) is 14.7.